The number of nitrogens with zero attached hydrogens (tertiary/aromatic N) is 1. The molecular formula is C27H26Cl2N2O3S. The fourth-order valence-corrected chi connectivity index (χ4v) is 5.35. The molecule has 0 aromatic heterocycles. The third-order valence-electron chi connectivity index (χ3n) is 5.47. The second-order valence-corrected chi connectivity index (χ2v) is 11.8. The lowest BCUT2D eigenvalue weighted by Crippen LogP contribution is -2.14. The van der Waals surface area contributed by atoms with E-state index >= 15 is 0 Å². The Balaban J connectivity index is 1.79. The molecule has 0 radical (unpaired) electrons. The van der Waals surface area contributed by atoms with Crippen molar-refractivity contribution in [2.24, 2.45) is 5.92 Å². The third kappa shape index (κ3) is 6.64. The van der Waals surface area contributed by atoms with Gasteiger partial charge in [0.25, 0.3) is 0 Å². The van der Waals surface area contributed by atoms with E-state index in [1.54, 1.807) is 31.2 Å². The minimum Gasteiger partial charge on any atom is -0.326 e. The topological polar surface area (TPSA) is 87.0 Å². The molecule has 5 nitrogen and oxygen atoms in total. The normalized spacial score (nSPS) is 11.3. The molecule has 0 aliphatic carbocycles. The van der Waals surface area contributed by atoms with Crippen molar-refractivity contribution >= 4 is 44.6 Å². The van der Waals surface area contributed by atoms with E-state index in [1.807, 2.05) is 18.2 Å². The third-order valence-corrected chi connectivity index (χ3v) is 7.82. The summed E-state index contributed by atoms with van der Waals surface area (Å²) in [7, 11) is -3.29. The maximum Gasteiger partial charge on any atom is 0.228 e. The molecule has 35 heavy (non-hydrogen) atoms. The van der Waals surface area contributed by atoms with Crippen LogP contribution >= 0.6 is 23.2 Å². The molecule has 1 amide bonds. The van der Waals surface area contributed by atoms with Gasteiger partial charge in [-0.15, -0.1) is 0 Å². The van der Waals surface area contributed by atoms with Gasteiger partial charge in [0, 0.05) is 16.8 Å². The van der Waals surface area contributed by atoms with Gasteiger partial charge in [0.1, 0.15) is 0 Å². The second-order valence-electron chi connectivity index (χ2n) is 8.68. The lowest BCUT2D eigenvalue weighted by atomic mass is 9.94. The molecule has 3 aromatic carbocycles. The average molecular weight is 529 g/mol. The first-order chi connectivity index (χ1) is 16.5. The van der Waals surface area contributed by atoms with Crippen LogP contribution in [0, 0.1) is 17.2 Å². The Labute approximate surface area is 216 Å². The van der Waals surface area contributed by atoms with Crippen molar-refractivity contribution < 1.29 is 13.2 Å². The van der Waals surface area contributed by atoms with E-state index in [9.17, 15) is 18.5 Å². The number of hydrogen-bond donors (Lipinski definition) is 1. The van der Waals surface area contributed by atoms with Gasteiger partial charge in [-0.3, -0.25) is 4.79 Å². The van der Waals surface area contributed by atoms with Crippen LogP contribution < -0.4 is 5.32 Å². The molecular weight excluding hydrogens is 503 g/mol. The Morgan fingerprint density at radius 2 is 1.60 bits per heavy atom. The van der Waals surface area contributed by atoms with E-state index in [-0.39, 0.29) is 23.0 Å². The zero-order valence-electron chi connectivity index (χ0n) is 19.7. The Morgan fingerprint density at radius 3 is 2.14 bits per heavy atom. The number of anilines is 1. The first-order valence-electron chi connectivity index (χ1n) is 11.2. The van der Waals surface area contributed by atoms with Crippen molar-refractivity contribution in [1.82, 2.24) is 0 Å². The molecule has 0 fully saturated rings. The van der Waals surface area contributed by atoms with E-state index in [0.717, 1.165) is 12.0 Å². The monoisotopic (exact) mass is 528 g/mol. The van der Waals surface area contributed by atoms with Crippen molar-refractivity contribution in [1.29, 1.82) is 5.26 Å². The molecule has 0 aliphatic rings. The number of carbonyl (C=O) groups is 1. The Bertz CT molecular complexity index is 1370. The molecule has 3 aromatic rings. The van der Waals surface area contributed by atoms with E-state index in [0.29, 0.717) is 43.9 Å². The van der Waals surface area contributed by atoms with E-state index in [4.69, 9.17) is 23.2 Å². The average Bonchev–Trinajstić information content (AvgIpc) is 2.79. The van der Waals surface area contributed by atoms with Gasteiger partial charge in [0.15, 0.2) is 9.84 Å². The molecule has 0 spiro atoms. The van der Waals surface area contributed by atoms with E-state index in [1.165, 1.54) is 12.1 Å². The highest BCUT2D eigenvalue weighted by atomic mass is 35.5. The molecule has 0 bridgehead atoms. The van der Waals surface area contributed by atoms with Crippen molar-refractivity contribution in [3.05, 3.63) is 81.3 Å². The largest absolute Gasteiger partial charge is 0.326 e. The van der Waals surface area contributed by atoms with Gasteiger partial charge in [-0.1, -0.05) is 68.2 Å². The number of nitriles is 1. The molecule has 0 atom stereocenters. The maximum atomic E-state index is 12.6. The number of carbonyl (C=O) groups excluding carboxylic acids is 1. The standard InChI is InChI=1S/C27H26Cl2N2O3S/c1-4-35(33,34)22-8-5-18(6-9-22)13-26(32)31-21-14-24(28)27(25(29)15-21)23-10-7-19(11-17(2)3)12-20(23)16-30/h5-10,12,14-15,17H,4,11,13H2,1-3H3,(H,31,32). The Morgan fingerprint density at radius 1 is 1.00 bits per heavy atom. The van der Waals surface area contributed by atoms with Crippen molar-refractivity contribution in [3.63, 3.8) is 0 Å². The smallest absolute Gasteiger partial charge is 0.228 e. The zero-order valence-corrected chi connectivity index (χ0v) is 22.1. The maximum absolute atomic E-state index is 12.6. The van der Waals surface area contributed by atoms with Crippen LogP contribution in [-0.4, -0.2) is 20.1 Å². The minimum absolute atomic E-state index is 0.0162. The van der Waals surface area contributed by atoms with E-state index in [2.05, 4.69) is 25.2 Å². The summed E-state index contributed by atoms with van der Waals surface area (Å²) in [5.74, 6) is 0.180. The van der Waals surface area contributed by atoms with E-state index < -0.39 is 9.84 Å². The van der Waals surface area contributed by atoms with Crippen LogP contribution in [-0.2, 0) is 27.5 Å². The minimum atomic E-state index is -3.29. The second kappa shape index (κ2) is 11.3. The van der Waals surface area contributed by atoms with Gasteiger partial charge < -0.3 is 5.32 Å². The summed E-state index contributed by atoms with van der Waals surface area (Å²) >= 11 is 13.1. The Kier molecular flexibility index (Phi) is 8.60. The predicted molar refractivity (Wildman–Crippen MR) is 142 cm³/mol. The van der Waals surface area contributed by atoms with Gasteiger partial charge in [-0.2, -0.15) is 5.26 Å². The summed E-state index contributed by atoms with van der Waals surface area (Å²) in [6.45, 7) is 5.82. The SMILES string of the molecule is CCS(=O)(=O)c1ccc(CC(=O)Nc2cc(Cl)c(-c3ccc(CC(C)C)cc3C#N)c(Cl)c2)cc1. The number of nitrogens with one attached hydrogen (secondary N) is 1. The highest BCUT2D eigenvalue weighted by Gasteiger charge is 2.17. The quantitative estimate of drug-likeness (QED) is 0.352. The number of hydrogen-bond acceptors (Lipinski definition) is 4. The zero-order chi connectivity index (χ0) is 25.8. The number of halogens is 2. The molecule has 0 saturated carbocycles. The van der Waals surface area contributed by atoms with Gasteiger partial charge in [0.2, 0.25) is 5.91 Å². The highest BCUT2D eigenvalue weighted by Crippen LogP contribution is 2.39. The van der Waals surface area contributed by atoms with Crippen LogP contribution in [0.25, 0.3) is 11.1 Å². The molecule has 182 valence electrons. The summed E-state index contributed by atoms with van der Waals surface area (Å²) in [4.78, 5) is 12.8. The molecule has 0 unspecified atom stereocenters. The molecule has 8 heteroatoms. The van der Waals surface area contributed by atoms with Gasteiger partial charge >= 0.3 is 0 Å². The summed E-state index contributed by atoms with van der Waals surface area (Å²) in [6.07, 6.45) is 0.915. The van der Waals surface area contributed by atoms with Crippen LogP contribution in [0.15, 0.2) is 59.5 Å². The van der Waals surface area contributed by atoms with Gasteiger partial charge in [-0.25, -0.2) is 8.42 Å². The first-order valence-corrected chi connectivity index (χ1v) is 13.6. The first kappa shape index (κ1) is 26.7. The van der Waals surface area contributed by atoms with Crippen molar-refractivity contribution in [2.75, 3.05) is 11.1 Å². The molecule has 3 rings (SSSR count). The van der Waals surface area contributed by atoms with Gasteiger partial charge in [-0.05, 0) is 53.8 Å². The summed E-state index contributed by atoms with van der Waals surface area (Å²) in [5.41, 5.74) is 3.82. The van der Waals surface area contributed by atoms with Crippen LogP contribution in [0.1, 0.15) is 37.5 Å². The molecule has 0 saturated heterocycles. The molecule has 0 heterocycles. The fourth-order valence-electron chi connectivity index (χ4n) is 3.77. The number of benzene rings is 3. The number of amides is 1. The van der Waals surface area contributed by atoms with Crippen LogP contribution in [0.2, 0.25) is 10.0 Å². The Hall–Kier alpha value is -2.85. The predicted octanol–water partition coefficient (Wildman–Crippen LogP) is 6.71. The lowest BCUT2D eigenvalue weighted by molar-refractivity contribution is -0.115. The summed E-state index contributed by atoms with van der Waals surface area (Å²) < 4.78 is 23.9. The summed E-state index contributed by atoms with van der Waals surface area (Å²) in [5, 5.41) is 13.1. The van der Waals surface area contributed by atoms with Crippen LogP contribution in [0.5, 0.6) is 0 Å². The van der Waals surface area contributed by atoms with Crippen LogP contribution in [0.4, 0.5) is 5.69 Å². The molecule has 0 aliphatic heterocycles. The summed E-state index contributed by atoms with van der Waals surface area (Å²) in [6, 6.07) is 17.4. The van der Waals surface area contributed by atoms with Crippen molar-refractivity contribution in [3.8, 4) is 17.2 Å². The number of sulfone groups is 1. The fraction of sp³-hybridized carbons (Fsp3) is 0.259. The molecule has 1 N–H and O–H groups in total. The highest BCUT2D eigenvalue weighted by molar-refractivity contribution is 7.91. The lowest BCUT2D eigenvalue weighted by Gasteiger charge is -2.14. The van der Waals surface area contributed by atoms with Crippen molar-refractivity contribution in [2.45, 2.75) is 38.5 Å². The van der Waals surface area contributed by atoms with Crippen LogP contribution in [0.3, 0.4) is 0 Å². The number of rotatable bonds is 8. The van der Waals surface area contributed by atoms with Gasteiger partial charge in [0.05, 0.1) is 38.7 Å².